The Hall–Kier alpha value is -2.83. The molecule has 7 heteroatoms. The third-order valence-corrected chi connectivity index (χ3v) is 2.51. The molecule has 2 aromatic rings. The SMILES string of the molecule is O=C(Nc1ccc(F)cc1)C(=O)Nc1c(F)cccc1F. The molecule has 0 saturated carbocycles. The first kappa shape index (κ1) is 14.6. The Morgan fingerprint density at radius 3 is 1.86 bits per heavy atom. The van der Waals surface area contributed by atoms with Gasteiger partial charge in [-0.05, 0) is 36.4 Å². The van der Waals surface area contributed by atoms with Crippen molar-refractivity contribution in [1.29, 1.82) is 0 Å². The molecule has 0 bridgehead atoms. The summed E-state index contributed by atoms with van der Waals surface area (Å²) in [5.41, 5.74) is -0.540. The molecule has 4 nitrogen and oxygen atoms in total. The lowest BCUT2D eigenvalue weighted by Gasteiger charge is -2.08. The van der Waals surface area contributed by atoms with Crippen molar-refractivity contribution in [2.45, 2.75) is 0 Å². The molecule has 0 atom stereocenters. The fraction of sp³-hybridized carbons (Fsp3) is 0. The average Bonchev–Trinajstić information content (AvgIpc) is 2.45. The van der Waals surface area contributed by atoms with Crippen LogP contribution in [0.3, 0.4) is 0 Å². The molecule has 0 radical (unpaired) electrons. The van der Waals surface area contributed by atoms with Gasteiger partial charge in [0.1, 0.15) is 23.1 Å². The van der Waals surface area contributed by atoms with Crippen molar-refractivity contribution in [2.24, 2.45) is 0 Å². The molecule has 2 amide bonds. The molecule has 0 aliphatic carbocycles. The van der Waals surface area contributed by atoms with Gasteiger partial charge in [-0.2, -0.15) is 0 Å². The van der Waals surface area contributed by atoms with Crippen LogP contribution in [0.25, 0.3) is 0 Å². The fourth-order valence-electron chi connectivity index (χ4n) is 1.51. The molecule has 0 unspecified atom stereocenters. The van der Waals surface area contributed by atoms with E-state index < -0.39 is 35.0 Å². The van der Waals surface area contributed by atoms with E-state index in [0.717, 1.165) is 30.3 Å². The van der Waals surface area contributed by atoms with E-state index in [2.05, 4.69) is 5.32 Å². The zero-order chi connectivity index (χ0) is 15.4. The second-order valence-electron chi connectivity index (χ2n) is 4.01. The van der Waals surface area contributed by atoms with Crippen LogP contribution in [0.2, 0.25) is 0 Å². The Balaban J connectivity index is 2.06. The molecule has 0 aromatic heterocycles. The van der Waals surface area contributed by atoms with Crippen molar-refractivity contribution in [1.82, 2.24) is 0 Å². The van der Waals surface area contributed by atoms with E-state index in [-0.39, 0.29) is 5.69 Å². The van der Waals surface area contributed by atoms with Crippen LogP contribution in [-0.4, -0.2) is 11.8 Å². The molecule has 2 aromatic carbocycles. The maximum atomic E-state index is 13.3. The van der Waals surface area contributed by atoms with Gasteiger partial charge in [0.05, 0.1) is 0 Å². The molecular weight excluding hydrogens is 285 g/mol. The van der Waals surface area contributed by atoms with E-state index in [4.69, 9.17) is 0 Å². The van der Waals surface area contributed by atoms with Gasteiger partial charge in [-0.3, -0.25) is 9.59 Å². The largest absolute Gasteiger partial charge is 0.318 e. The summed E-state index contributed by atoms with van der Waals surface area (Å²) >= 11 is 0. The average molecular weight is 294 g/mol. The number of para-hydroxylation sites is 1. The number of rotatable bonds is 2. The Labute approximate surface area is 117 Å². The lowest BCUT2D eigenvalue weighted by molar-refractivity contribution is -0.133. The van der Waals surface area contributed by atoms with Crippen LogP contribution >= 0.6 is 0 Å². The van der Waals surface area contributed by atoms with E-state index in [1.165, 1.54) is 12.1 Å². The first-order chi connectivity index (χ1) is 9.97. The second-order valence-corrected chi connectivity index (χ2v) is 4.01. The van der Waals surface area contributed by atoms with E-state index in [1.807, 2.05) is 5.32 Å². The van der Waals surface area contributed by atoms with Crippen LogP contribution in [0.15, 0.2) is 42.5 Å². The van der Waals surface area contributed by atoms with Gasteiger partial charge in [-0.25, -0.2) is 13.2 Å². The quantitative estimate of drug-likeness (QED) is 0.837. The number of nitrogens with one attached hydrogen (secondary N) is 2. The maximum absolute atomic E-state index is 13.3. The lowest BCUT2D eigenvalue weighted by atomic mass is 10.3. The van der Waals surface area contributed by atoms with E-state index >= 15 is 0 Å². The number of anilines is 2. The molecule has 2 rings (SSSR count). The standard InChI is InChI=1S/C14H9F3N2O2/c15-8-4-6-9(7-5-8)18-13(20)14(21)19-12-10(16)2-1-3-11(12)17/h1-7H,(H,18,20)(H,19,21). The first-order valence-corrected chi connectivity index (χ1v) is 5.79. The smallest absolute Gasteiger partial charge is 0.314 e. The minimum Gasteiger partial charge on any atom is -0.318 e. The van der Waals surface area contributed by atoms with E-state index in [0.29, 0.717) is 0 Å². The normalized spacial score (nSPS) is 10.0. The minimum absolute atomic E-state index is 0.172. The molecule has 0 aliphatic heterocycles. The summed E-state index contributed by atoms with van der Waals surface area (Å²) in [4.78, 5) is 23.1. The van der Waals surface area contributed by atoms with Crippen molar-refractivity contribution in [3.05, 3.63) is 59.9 Å². The second kappa shape index (κ2) is 6.08. The van der Waals surface area contributed by atoms with Gasteiger partial charge in [0, 0.05) is 5.69 Å². The molecule has 2 N–H and O–H groups in total. The monoisotopic (exact) mass is 294 g/mol. The molecule has 0 spiro atoms. The Morgan fingerprint density at radius 1 is 0.762 bits per heavy atom. The topological polar surface area (TPSA) is 58.2 Å². The van der Waals surface area contributed by atoms with Gasteiger partial charge in [-0.15, -0.1) is 0 Å². The number of hydrogen-bond acceptors (Lipinski definition) is 2. The van der Waals surface area contributed by atoms with Crippen LogP contribution < -0.4 is 10.6 Å². The van der Waals surface area contributed by atoms with Gasteiger partial charge in [0.25, 0.3) is 0 Å². The van der Waals surface area contributed by atoms with Gasteiger partial charge in [0.2, 0.25) is 0 Å². The predicted molar refractivity (Wildman–Crippen MR) is 70.0 cm³/mol. The number of benzene rings is 2. The number of carbonyl (C=O) groups is 2. The summed E-state index contributed by atoms with van der Waals surface area (Å²) in [6, 6.07) is 7.66. The minimum atomic E-state index is -1.25. The summed E-state index contributed by atoms with van der Waals surface area (Å²) < 4.78 is 39.3. The Bertz CT molecular complexity index is 667. The molecule has 0 heterocycles. The third-order valence-electron chi connectivity index (χ3n) is 2.51. The highest BCUT2D eigenvalue weighted by atomic mass is 19.1. The number of carbonyl (C=O) groups excluding carboxylic acids is 2. The zero-order valence-corrected chi connectivity index (χ0v) is 10.5. The highest BCUT2D eigenvalue weighted by Gasteiger charge is 2.18. The highest BCUT2D eigenvalue weighted by Crippen LogP contribution is 2.18. The number of amides is 2. The summed E-state index contributed by atoms with van der Waals surface area (Å²) in [7, 11) is 0. The molecular formula is C14H9F3N2O2. The van der Waals surface area contributed by atoms with Crippen LogP contribution in [0.4, 0.5) is 24.5 Å². The van der Waals surface area contributed by atoms with Crippen LogP contribution in [0.5, 0.6) is 0 Å². The van der Waals surface area contributed by atoms with Crippen molar-refractivity contribution >= 4 is 23.2 Å². The van der Waals surface area contributed by atoms with Crippen LogP contribution in [0.1, 0.15) is 0 Å². The van der Waals surface area contributed by atoms with Gasteiger partial charge in [-0.1, -0.05) is 6.07 Å². The highest BCUT2D eigenvalue weighted by molar-refractivity contribution is 6.43. The van der Waals surface area contributed by atoms with Gasteiger partial charge in [0.15, 0.2) is 0 Å². The van der Waals surface area contributed by atoms with Crippen molar-refractivity contribution < 1.29 is 22.8 Å². The maximum Gasteiger partial charge on any atom is 0.314 e. The Morgan fingerprint density at radius 2 is 1.29 bits per heavy atom. The molecule has 0 fully saturated rings. The summed E-state index contributed by atoms with van der Waals surface area (Å²) in [6.07, 6.45) is 0. The summed E-state index contributed by atoms with van der Waals surface area (Å²) in [5.74, 6) is -4.89. The molecule has 108 valence electrons. The van der Waals surface area contributed by atoms with Crippen molar-refractivity contribution in [2.75, 3.05) is 10.6 Å². The van der Waals surface area contributed by atoms with Crippen LogP contribution in [0, 0.1) is 17.5 Å². The van der Waals surface area contributed by atoms with Crippen LogP contribution in [-0.2, 0) is 9.59 Å². The Kier molecular flexibility index (Phi) is 4.22. The summed E-state index contributed by atoms with van der Waals surface area (Å²) in [5, 5.41) is 4.00. The van der Waals surface area contributed by atoms with Gasteiger partial charge < -0.3 is 10.6 Å². The lowest BCUT2D eigenvalue weighted by Crippen LogP contribution is -2.29. The van der Waals surface area contributed by atoms with Gasteiger partial charge >= 0.3 is 11.8 Å². The zero-order valence-electron chi connectivity index (χ0n) is 10.5. The molecule has 21 heavy (non-hydrogen) atoms. The molecule has 0 aliphatic rings. The first-order valence-electron chi connectivity index (χ1n) is 5.79. The summed E-state index contributed by atoms with van der Waals surface area (Å²) in [6.45, 7) is 0. The fourth-order valence-corrected chi connectivity index (χ4v) is 1.51. The van der Waals surface area contributed by atoms with E-state index in [1.54, 1.807) is 0 Å². The van der Waals surface area contributed by atoms with Crippen molar-refractivity contribution in [3.8, 4) is 0 Å². The van der Waals surface area contributed by atoms with Crippen molar-refractivity contribution in [3.63, 3.8) is 0 Å². The predicted octanol–water partition coefficient (Wildman–Crippen LogP) is 2.68. The number of halogens is 3. The molecule has 0 saturated heterocycles. The third kappa shape index (κ3) is 3.59. The van der Waals surface area contributed by atoms with E-state index in [9.17, 15) is 22.8 Å². The number of hydrogen-bond donors (Lipinski definition) is 2.